The molecule has 0 amide bonds. The lowest BCUT2D eigenvalue weighted by Gasteiger charge is -2.22. The molecule has 0 saturated heterocycles. The molecule has 0 radical (unpaired) electrons. The van der Waals surface area contributed by atoms with Gasteiger partial charge in [0.1, 0.15) is 11.1 Å². The zero-order valence-corrected chi connectivity index (χ0v) is 23.8. The Morgan fingerprint density at radius 1 is 0.775 bits per heavy atom. The van der Waals surface area contributed by atoms with Crippen LogP contribution in [0.2, 0.25) is 0 Å². The van der Waals surface area contributed by atoms with Gasteiger partial charge in [0.15, 0.2) is 5.58 Å². The van der Waals surface area contributed by atoms with Crippen molar-refractivity contribution in [2.75, 3.05) is 5.32 Å². The van der Waals surface area contributed by atoms with E-state index in [1.54, 1.807) is 0 Å². The Hall–Kier alpha value is -4.44. The highest BCUT2D eigenvalue weighted by Crippen LogP contribution is 2.39. The molecule has 0 spiro atoms. The Bertz CT molecular complexity index is 1820. The average molecular weight is 526 g/mol. The largest absolute Gasteiger partial charge is 0.454 e. The van der Waals surface area contributed by atoms with Gasteiger partial charge in [-0.2, -0.15) is 0 Å². The smallest absolute Gasteiger partial charge is 0.153 e. The van der Waals surface area contributed by atoms with E-state index in [1.165, 1.54) is 11.1 Å². The molecule has 1 N–H and O–H groups in total. The van der Waals surface area contributed by atoms with Gasteiger partial charge in [-0.1, -0.05) is 71.0 Å². The first kappa shape index (κ1) is 25.8. The number of pyridine rings is 2. The highest BCUT2D eigenvalue weighted by Gasteiger charge is 2.19. The van der Waals surface area contributed by atoms with E-state index >= 15 is 0 Å². The average Bonchev–Trinajstić information content (AvgIpc) is 3.32. The lowest BCUT2D eigenvalue weighted by molar-refractivity contribution is 0.590. The summed E-state index contributed by atoms with van der Waals surface area (Å²) in [6.45, 7) is 11.2. The van der Waals surface area contributed by atoms with Crippen molar-refractivity contribution in [1.82, 2.24) is 9.97 Å². The second-order valence-electron chi connectivity index (χ2n) is 12.0. The highest BCUT2D eigenvalue weighted by atomic mass is 16.3. The van der Waals surface area contributed by atoms with Gasteiger partial charge in [0, 0.05) is 23.0 Å². The van der Waals surface area contributed by atoms with Gasteiger partial charge in [0.2, 0.25) is 0 Å². The summed E-state index contributed by atoms with van der Waals surface area (Å²) < 4.78 is 6.09. The number of hydrogen-bond donors (Lipinski definition) is 1. The normalized spacial score (nSPS) is 11.9. The molecule has 4 heteroatoms. The molecule has 0 aliphatic heterocycles. The van der Waals surface area contributed by atoms with Crippen molar-refractivity contribution >= 4 is 33.4 Å². The van der Waals surface area contributed by atoms with Crippen LogP contribution in [0.1, 0.15) is 45.7 Å². The number of rotatable bonds is 6. The molecular formula is C36H35N3O. The number of aromatic nitrogens is 2. The summed E-state index contributed by atoms with van der Waals surface area (Å²) in [5, 5.41) is 4.70. The molecule has 0 aliphatic carbocycles. The minimum Gasteiger partial charge on any atom is -0.454 e. The number of furan rings is 1. The maximum Gasteiger partial charge on any atom is 0.153 e. The molecule has 0 fully saturated rings. The van der Waals surface area contributed by atoms with Crippen LogP contribution in [-0.2, 0) is 11.8 Å². The van der Waals surface area contributed by atoms with Crippen molar-refractivity contribution in [2.45, 2.75) is 46.5 Å². The Labute approximate surface area is 236 Å². The third kappa shape index (κ3) is 5.10. The molecule has 6 aromatic rings. The SMILES string of the molecule is CC(C)Cc1cccc(-c2cccc(-c3cc(C(C)(C)C)ccc3Nc3cccc4oc5cccnc5c34)n2)c1. The summed E-state index contributed by atoms with van der Waals surface area (Å²) in [6.07, 6.45) is 2.86. The zero-order chi connectivity index (χ0) is 27.9. The van der Waals surface area contributed by atoms with Gasteiger partial charge in [-0.3, -0.25) is 4.98 Å². The van der Waals surface area contributed by atoms with E-state index in [2.05, 4.69) is 112 Å². The summed E-state index contributed by atoms with van der Waals surface area (Å²) in [6, 6.07) is 31.7. The Morgan fingerprint density at radius 2 is 1.55 bits per heavy atom. The molecular weight excluding hydrogens is 490 g/mol. The molecule has 3 aromatic heterocycles. The zero-order valence-electron chi connectivity index (χ0n) is 23.8. The standard InChI is InChI=1S/C36H35N3O/c1-23(2)20-24-10-6-11-25(21-24)28-12-7-13-29(38-28)27-22-26(36(3,4)5)17-18-30(27)39-31-14-8-15-32-34(31)35-33(40-32)16-9-19-37-35/h6-19,21-23,39H,20H2,1-5H3. The fourth-order valence-electron chi connectivity index (χ4n) is 5.30. The molecule has 4 nitrogen and oxygen atoms in total. The Morgan fingerprint density at radius 3 is 2.38 bits per heavy atom. The quantitative estimate of drug-likeness (QED) is 0.235. The third-order valence-electron chi connectivity index (χ3n) is 7.30. The van der Waals surface area contributed by atoms with Gasteiger partial charge in [-0.05, 0) is 83.5 Å². The first-order valence-electron chi connectivity index (χ1n) is 14.0. The predicted octanol–water partition coefficient (Wildman–Crippen LogP) is 9.95. The molecule has 0 atom stereocenters. The van der Waals surface area contributed by atoms with Crippen LogP contribution in [-0.4, -0.2) is 9.97 Å². The molecule has 0 saturated carbocycles. The van der Waals surface area contributed by atoms with Crippen LogP contribution in [0.4, 0.5) is 11.4 Å². The maximum absolute atomic E-state index is 6.09. The van der Waals surface area contributed by atoms with E-state index in [1.807, 2.05) is 30.5 Å². The summed E-state index contributed by atoms with van der Waals surface area (Å²) >= 11 is 0. The van der Waals surface area contributed by atoms with Crippen LogP contribution in [0, 0.1) is 5.92 Å². The minimum absolute atomic E-state index is 0.000756. The first-order valence-corrected chi connectivity index (χ1v) is 14.0. The molecule has 3 aromatic carbocycles. The van der Waals surface area contributed by atoms with Crippen molar-refractivity contribution in [1.29, 1.82) is 0 Å². The van der Waals surface area contributed by atoms with Crippen LogP contribution in [0.25, 0.3) is 44.6 Å². The second-order valence-corrected chi connectivity index (χ2v) is 12.0. The summed E-state index contributed by atoms with van der Waals surface area (Å²) in [7, 11) is 0. The molecule has 0 aliphatic rings. The number of hydrogen-bond acceptors (Lipinski definition) is 4. The molecule has 0 bridgehead atoms. The summed E-state index contributed by atoms with van der Waals surface area (Å²) in [4.78, 5) is 9.81. The van der Waals surface area contributed by atoms with E-state index in [-0.39, 0.29) is 5.41 Å². The van der Waals surface area contributed by atoms with Crippen LogP contribution < -0.4 is 5.32 Å². The number of benzene rings is 3. The molecule has 3 heterocycles. The highest BCUT2D eigenvalue weighted by molar-refractivity contribution is 6.10. The van der Waals surface area contributed by atoms with E-state index in [9.17, 15) is 0 Å². The lowest BCUT2D eigenvalue weighted by Crippen LogP contribution is -2.11. The number of nitrogens with zero attached hydrogens (tertiary/aromatic N) is 2. The molecule has 40 heavy (non-hydrogen) atoms. The molecule has 6 rings (SSSR count). The van der Waals surface area contributed by atoms with Crippen LogP contribution in [0.15, 0.2) is 102 Å². The van der Waals surface area contributed by atoms with E-state index in [4.69, 9.17) is 9.40 Å². The minimum atomic E-state index is 0.000756. The van der Waals surface area contributed by atoms with Gasteiger partial charge in [0.05, 0.1) is 22.5 Å². The Balaban J connectivity index is 1.47. The van der Waals surface area contributed by atoms with Crippen LogP contribution in [0.3, 0.4) is 0 Å². The number of fused-ring (bicyclic) bond motifs is 3. The van der Waals surface area contributed by atoms with Crippen molar-refractivity contribution in [3.63, 3.8) is 0 Å². The van der Waals surface area contributed by atoms with E-state index in [0.717, 1.165) is 62.4 Å². The van der Waals surface area contributed by atoms with E-state index in [0.29, 0.717) is 5.92 Å². The number of nitrogens with one attached hydrogen (secondary N) is 1. The van der Waals surface area contributed by atoms with Gasteiger partial charge in [-0.15, -0.1) is 0 Å². The third-order valence-corrected chi connectivity index (χ3v) is 7.30. The van der Waals surface area contributed by atoms with Crippen molar-refractivity contribution < 1.29 is 4.42 Å². The van der Waals surface area contributed by atoms with Gasteiger partial charge in [0.25, 0.3) is 0 Å². The fraction of sp³-hybridized carbons (Fsp3) is 0.222. The first-order chi connectivity index (χ1) is 19.3. The van der Waals surface area contributed by atoms with Gasteiger partial charge < -0.3 is 9.73 Å². The van der Waals surface area contributed by atoms with E-state index < -0.39 is 0 Å². The van der Waals surface area contributed by atoms with Crippen LogP contribution >= 0.6 is 0 Å². The Kier molecular flexibility index (Phi) is 6.63. The summed E-state index contributed by atoms with van der Waals surface area (Å²) in [5.74, 6) is 0.607. The second kappa shape index (κ2) is 10.3. The van der Waals surface area contributed by atoms with Crippen molar-refractivity contribution in [3.8, 4) is 22.5 Å². The maximum atomic E-state index is 6.09. The van der Waals surface area contributed by atoms with Crippen molar-refractivity contribution in [2.24, 2.45) is 5.92 Å². The topological polar surface area (TPSA) is 51.0 Å². The molecule has 200 valence electrons. The van der Waals surface area contributed by atoms with Gasteiger partial charge in [-0.25, -0.2) is 4.98 Å². The van der Waals surface area contributed by atoms with Gasteiger partial charge >= 0.3 is 0 Å². The summed E-state index contributed by atoms with van der Waals surface area (Å²) in [5.41, 5.74) is 11.1. The molecule has 0 unspecified atom stereocenters. The number of anilines is 2. The lowest BCUT2D eigenvalue weighted by atomic mass is 9.85. The van der Waals surface area contributed by atoms with Crippen molar-refractivity contribution in [3.05, 3.63) is 108 Å². The fourth-order valence-corrected chi connectivity index (χ4v) is 5.30. The predicted molar refractivity (Wildman–Crippen MR) is 167 cm³/mol. The monoisotopic (exact) mass is 525 g/mol. The van der Waals surface area contributed by atoms with Crippen LogP contribution in [0.5, 0.6) is 0 Å².